The van der Waals surface area contributed by atoms with Gasteiger partial charge in [-0.05, 0) is 53.4 Å². The number of fused-ring (bicyclic) bond motifs is 1. The number of aromatic hydroxyl groups is 1. The number of ether oxygens (including phenoxy) is 1. The SMILES string of the molecule is COc1ccccc1N=Nc1c(S(=O)(=O)O)cc2cc(S(=O)(=O)O)cc(N=Cc3ccc(N(C)C)cc3)c2c1O.[Na+]. The molecule has 0 atom stereocenters. The smallest absolute Gasteiger partial charge is 0.505 e. The number of hydrogen-bond acceptors (Lipinski definition) is 10. The number of azo groups is 1. The van der Waals surface area contributed by atoms with E-state index in [1.54, 1.807) is 30.3 Å². The van der Waals surface area contributed by atoms with Gasteiger partial charge in [-0.15, -0.1) is 10.2 Å². The third kappa shape index (κ3) is 7.29. The summed E-state index contributed by atoms with van der Waals surface area (Å²) >= 11 is 0. The van der Waals surface area contributed by atoms with Crippen LogP contribution in [0.3, 0.4) is 0 Å². The number of phenolic OH excluding ortho intramolecular Hbond substituents is 1. The average molecular weight is 608 g/mol. The Kier molecular flexibility index (Phi) is 9.92. The van der Waals surface area contributed by atoms with E-state index in [2.05, 4.69) is 15.2 Å². The molecule has 0 unspecified atom stereocenters. The van der Waals surface area contributed by atoms with Gasteiger partial charge in [0.1, 0.15) is 22.0 Å². The molecule has 0 amide bonds. The zero-order valence-electron chi connectivity index (χ0n) is 22.4. The molecule has 0 aromatic heterocycles. The number of rotatable bonds is 8. The molecule has 15 heteroatoms. The van der Waals surface area contributed by atoms with E-state index in [4.69, 9.17) is 4.74 Å². The van der Waals surface area contributed by atoms with E-state index >= 15 is 0 Å². The van der Waals surface area contributed by atoms with E-state index in [1.165, 1.54) is 19.4 Å². The molecule has 0 heterocycles. The summed E-state index contributed by atoms with van der Waals surface area (Å²) < 4.78 is 73.3. The van der Waals surface area contributed by atoms with E-state index in [0.29, 0.717) is 11.3 Å². The summed E-state index contributed by atoms with van der Waals surface area (Å²) in [6.07, 6.45) is 1.40. The zero-order chi connectivity index (χ0) is 29.2. The number of methoxy groups -OCH3 is 1. The van der Waals surface area contributed by atoms with Crippen LogP contribution < -0.4 is 39.2 Å². The van der Waals surface area contributed by atoms with E-state index in [1.807, 2.05) is 31.1 Å². The number of anilines is 1. The van der Waals surface area contributed by atoms with Gasteiger partial charge < -0.3 is 14.7 Å². The molecule has 0 aliphatic rings. The number of hydrogen-bond donors (Lipinski definition) is 3. The number of aliphatic imine (C=N–C) groups is 1. The topological polar surface area (TPSA) is 179 Å². The van der Waals surface area contributed by atoms with Crippen molar-refractivity contribution in [3.05, 3.63) is 72.3 Å². The van der Waals surface area contributed by atoms with Crippen molar-refractivity contribution in [1.29, 1.82) is 0 Å². The van der Waals surface area contributed by atoms with E-state index in [0.717, 1.165) is 23.9 Å². The van der Waals surface area contributed by atoms with Crippen LogP contribution in [0.5, 0.6) is 11.5 Å². The first kappa shape index (κ1) is 32.1. The zero-order valence-corrected chi connectivity index (χ0v) is 26.0. The van der Waals surface area contributed by atoms with Gasteiger partial charge in [0, 0.05) is 26.0 Å². The first-order valence-corrected chi connectivity index (χ1v) is 14.3. The van der Waals surface area contributed by atoms with Gasteiger partial charge in [0.2, 0.25) is 0 Å². The maximum atomic E-state index is 12.3. The third-order valence-corrected chi connectivity index (χ3v) is 7.48. The van der Waals surface area contributed by atoms with Crippen molar-refractivity contribution in [3.8, 4) is 11.5 Å². The van der Waals surface area contributed by atoms with Crippen molar-refractivity contribution in [1.82, 2.24) is 0 Å². The molecule has 0 aliphatic heterocycles. The number of phenols is 1. The van der Waals surface area contributed by atoms with Crippen molar-refractivity contribution in [2.45, 2.75) is 9.79 Å². The fourth-order valence-electron chi connectivity index (χ4n) is 3.80. The van der Waals surface area contributed by atoms with Crippen LogP contribution in [0.2, 0.25) is 0 Å². The first-order chi connectivity index (χ1) is 18.8. The second-order valence-corrected chi connectivity index (χ2v) is 11.5. The fraction of sp³-hybridized carbons (Fsp3) is 0.115. The molecule has 3 N–H and O–H groups in total. The predicted molar refractivity (Wildman–Crippen MR) is 150 cm³/mol. The predicted octanol–water partition coefficient (Wildman–Crippen LogP) is 2.28. The van der Waals surface area contributed by atoms with Gasteiger partial charge in [0.05, 0.1) is 23.1 Å². The van der Waals surface area contributed by atoms with Crippen LogP contribution in [0.15, 0.2) is 91.7 Å². The molecule has 0 saturated carbocycles. The molecular formula is C26H24N4NaO8S2+. The second-order valence-electron chi connectivity index (χ2n) is 8.68. The Morgan fingerprint density at radius 1 is 0.854 bits per heavy atom. The second kappa shape index (κ2) is 12.7. The van der Waals surface area contributed by atoms with Crippen LogP contribution in [0.1, 0.15) is 5.56 Å². The van der Waals surface area contributed by atoms with Gasteiger partial charge in [-0.2, -0.15) is 16.8 Å². The van der Waals surface area contributed by atoms with Crippen LogP contribution in [-0.4, -0.2) is 58.5 Å². The summed E-state index contributed by atoms with van der Waals surface area (Å²) in [7, 11) is -4.61. The number of benzene rings is 4. The Hall–Kier alpha value is -3.37. The quantitative estimate of drug-likeness (QED) is 0.117. The molecule has 0 spiro atoms. The molecule has 41 heavy (non-hydrogen) atoms. The Labute approximate surface area is 258 Å². The van der Waals surface area contributed by atoms with Crippen molar-refractivity contribution in [2.24, 2.45) is 15.2 Å². The van der Waals surface area contributed by atoms with Gasteiger partial charge in [0.15, 0.2) is 5.75 Å². The fourth-order valence-corrected chi connectivity index (χ4v) is 5.00. The van der Waals surface area contributed by atoms with Crippen molar-refractivity contribution < 1.29 is 65.3 Å². The summed E-state index contributed by atoms with van der Waals surface area (Å²) in [5.74, 6) is -0.441. The maximum Gasteiger partial charge on any atom is 1.00 e. The Bertz CT molecular complexity index is 1880. The first-order valence-electron chi connectivity index (χ1n) is 11.4. The van der Waals surface area contributed by atoms with Crippen LogP contribution in [-0.2, 0) is 20.2 Å². The van der Waals surface area contributed by atoms with Crippen molar-refractivity contribution in [3.63, 3.8) is 0 Å². The molecular weight excluding hydrogens is 583 g/mol. The summed E-state index contributed by atoms with van der Waals surface area (Å²) in [4.78, 5) is 4.75. The number of para-hydroxylation sites is 1. The molecule has 0 bridgehead atoms. The van der Waals surface area contributed by atoms with Gasteiger partial charge in [0.25, 0.3) is 20.2 Å². The largest absolute Gasteiger partial charge is 1.00 e. The summed E-state index contributed by atoms with van der Waals surface area (Å²) in [5.41, 5.74) is 1.01. The molecule has 0 fully saturated rings. The van der Waals surface area contributed by atoms with Gasteiger partial charge in [-0.1, -0.05) is 24.3 Å². The summed E-state index contributed by atoms with van der Waals surface area (Å²) in [6.45, 7) is 0. The van der Waals surface area contributed by atoms with Crippen molar-refractivity contribution in [2.75, 3.05) is 26.1 Å². The molecule has 4 rings (SSSR count). The normalized spacial score (nSPS) is 12.1. The van der Waals surface area contributed by atoms with Crippen LogP contribution >= 0.6 is 0 Å². The molecule has 12 nitrogen and oxygen atoms in total. The molecule has 0 aliphatic carbocycles. The van der Waals surface area contributed by atoms with Crippen LogP contribution in [0, 0.1) is 0 Å². The Morgan fingerprint density at radius 2 is 1.51 bits per heavy atom. The van der Waals surface area contributed by atoms with Crippen LogP contribution in [0.25, 0.3) is 10.8 Å². The molecule has 0 saturated heterocycles. The summed E-state index contributed by atoms with van der Waals surface area (Å²) in [5, 5.41) is 18.8. The summed E-state index contributed by atoms with van der Waals surface area (Å²) in [6, 6.07) is 16.5. The Morgan fingerprint density at radius 3 is 2.10 bits per heavy atom. The van der Waals surface area contributed by atoms with Gasteiger partial charge in [-0.3, -0.25) is 14.1 Å². The number of nitrogens with zero attached hydrogens (tertiary/aromatic N) is 4. The van der Waals surface area contributed by atoms with Crippen molar-refractivity contribution >= 4 is 60.0 Å². The van der Waals surface area contributed by atoms with E-state index in [9.17, 15) is 31.0 Å². The monoisotopic (exact) mass is 607 g/mol. The standard InChI is InChI=1S/C26H24N4O8S2.Na/c1-30(2)18-10-8-16(9-11-18)15-27-21-14-19(39(32,33)34)12-17-13-23(40(35,36)37)25(26(31)24(17)21)29-28-20-6-4-5-7-22(20)38-3;/h4-15,31H,1-3H3,(H,32,33,34)(H,35,36,37);/q;+1. The average Bonchev–Trinajstić information content (AvgIpc) is 2.90. The minimum absolute atomic E-state index is 0. The van der Waals surface area contributed by atoms with E-state index in [-0.39, 0.29) is 51.7 Å². The minimum atomic E-state index is -4.99. The maximum absolute atomic E-state index is 12.3. The van der Waals surface area contributed by atoms with Gasteiger partial charge >= 0.3 is 29.6 Å². The van der Waals surface area contributed by atoms with E-state index < -0.39 is 41.5 Å². The molecule has 0 radical (unpaired) electrons. The van der Waals surface area contributed by atoms with Gasteiger partial charge in [-0.25, -0.2) is 0 Å². The molecule has 4 aromatic carbocycles. The van der Waals surface area contributed by atoms with Crippen LogP contribution in [0.4, 0.5) is 22.7 Å². The molecule has 208 valence electrons. The Balaban J connectivity index is 0.00000462. The molecule has 4 aromatic rings. The minimum Gasteiger partial charge on any atom is -0.505 e. The third-order valence-electron chi connectivity index (χ3n) is 5.78.